The van der Waals surface area contributed by atoms with Gasteiger partial charge in [0.2, 0.25) is 15.8 Å². The highest BCUT2D eigenvalue weighted by molar-refractivity contribution is 7.89. The quantitative estimate of drug-likeness (QED) is 0.637. The number of phenolic OH excluding ortho intramolecular Hbond substituents is 1. The summed E-state index contributed by atoms with van der Waals surface area (Å²) in [6.07, 6.45) is 0. The third-order valence-corrected chi connectivity index (χ3v) is 3.91. The van der Waals surface area contributed by atoms with E-state index in [4.69, 9.17) is 11.6 Å². The molecule has 0 aromatic heterocycles. The second kappa shape index (κ2) is 4.86. The van der Waals surface area contributed by atoms with Crippen LogP contribution in [-0.2, 0) is 10.0 Å². The standard InChI is InChI=1S/C8H9ClN2O5S/c1-2-10-17(15,16)8-5(9)3-4-6(7(8)12)11(13)14/h3-4,10,12H,2H2,1H3. The molecular formula is C8H9ClN2O5S. The lowest BCUT2D eigenvalue weighted by molar-refractivity contribution is -0.386. The number of aromatic hydroxyl groups is 1. The van der Waals surface area contributed by atoms with Crippen LogP contribution in [0.25, 0.3) is 0 Å². The van der Waals surface area contributed by atoms with E-state index in [1.165, 1.54) is 6.92 Å². The van der Waals surface area contributed by atoms with E-state index in [0.717, 1.165) is 12.1 Å². The summed E-state index contributed by atoms with van der Waals surface area (Å²) >= 11 is 5.62. The zero-order valence-corrected chi connectivity index (χ0v) is 10.2. The predicted molar refractivity (Wildman–Crippen MR) is 60.6 cm³/mol. The minimum Gasteiger partial charge on any atom is -0.501 e. The Morgan fingerprint density at radius 1 is 1.53 bits per heavy atom. The summed E-state index contributed by atoms with van der Waals surface area (Å²) in [7, 11) is -4.06. The van der Waals surface area contributed by atoms with Crippen molar-refractivity contribution in [2.24, 2.45) is 0 Å². The molecule has 0 saturated carbocycles. The normalized spacial score (nSPS) is 11.4. The van der Waals surface area contributed by atoms with Crippen molar-refractivity contribution in [1.82, 2.24) is 4.72 Å². The molecule has 0 heterocycles. The van der Waals surface area contributed by atoms with E-state index >= 15 is 0 Å². The molecule has 0 spiro atoms. The first-order chi connectivity index (χ1) is 7.81. The fourth-order valence-corrected chi connectivity index (χ4v) is 2.87. The van der Waals surface area contributed by atoms with Gasteiger partial charge in [0.1, 0.15) is 4.90 Å². The summed E-state index contributed by atoms with van der Waals surface area (Å²) < 4.78 is 25.4. The highest BCUT2D eigenvalue weighted by Gasteiger charge is 2.28. The molecule has 0 unspecified atom stereocenters. The number of nitrogens with zero attached hydrogens (tertiary/aromatic N) is 1. The number of benzene rings is 1. The Morgan fingerprint density at radius 2 is 2.12 bits per heavy atom. The molecule has 0 fully saturated rings. The smallest absolute Gasteiger partial charge is 0.312 e. The first kappa shape index (κ1) is 13.7. The third-order valence-electron chi connectivity index (χ3n) is 1.86. The Hall–Kier alpha value is -1.38. The van der Waals surface area contributed by atoms with E-state index in [1.54, 1.807) is 0 Å². The van der Waals surface area contributed by atoms with Crippen LogP contribution in [0, 0.1) is 10.1 Å². The summed E-state index contributed by atoms with van der Waals surface area (Å²) in [5.74, 6) is -0.969. The molecule has 0 aliphatic heterocycles. The van der Waals surface area contributed by atoms with Crippen LogP contribution in [0.5, 0.6) is 5.75 Å². The Labute approximate surface area is 102 Å². The number of nitro benzene ring substituents is 1. The summed E-state index contributed by atoms with van der Waals surface area (Å²) in [6.45, 7) is 1.60. The van der Waals surface area contributed by atoms with Gasteiger partial charge in [0, 0.05) is 12.6 Å². The van der Waals surface area contributed by atoms with E-state index in [9.17, 15) is 23.6 Å². The second-order valence-corrected chi connectivity index (χ2v) is 5.11. The average Bonchev–Trinajstić information content (AvgIpc) is 2.15. The first-order valence-corrected chi connectivity index (χ1v) is 6.33. The first-order valence-electron chi connectivity index (χ1n) is 4.46. The van der Waals surface area contributed by atoms with Gasteiger partial charge < -0.3 is 5.11 Å². The number of rotatable bonds is 4. The SMILES string of the molecule is CCNS(=O)(=O)c1c(Cl)ccc([N+](=O)[O-])c1O. The van der Waals surface area contributed by atoms with E-state index in [-0.39, 0.29) is 11.6 Å². The third kappa shape index (κ3) is 2.65. The van der Waals surface area contributed by atoms with Crippen LogP contribution in [-0.4, -0.2) is 25.0 Å². The van der Waals surface area contributed by atoms with E-state index in [2.05, 4.69) is 4.72 Å². The molecule has 0 saturated heterocycles. The lowest BCUT2D eigenvalue weighted by Gasteiger charge is -2.08. The molecular weight excluding hydrogens is 272 g/mol. The molecule has 9 heteroatoms. The Balaban J connectivity index is 3.53. The van der Waals surface area contributed by atoms with Crippen LogP contribution < -0.4 is 4.72 Å². The molecule has 0 aliphatic carbocycles. The summed E-state index contributed by atoms with van der Waals surface area (Å²) in [6, 6.07) is 1.98. The zero-order valence-electron chi connectivity index (χ0n) is 8.68. The van der Waals surface area contributed by atoms with Gasteiger partial charge in [-0.15, -0.1) is 0 Å². The van der Waals surface area contributed by atoms with Gasteiger partial charge in [-0.1, -0.05) is 18.5 Å². The maximum absolute atomic E-state index is 11.7. The monoisotopic (exact) mass is 280 g/mol. The van der Waals surface area contributed by atoms with Gasteiger partial charge in [-0.3, -0.25) is 10.1 Å². The molecule has 1 rings (SSSR count). The lowest BCUT2D eigenvalue weighted by Crippen LogP contribution is -2.23. The minimum absolute atomic E-state index is 0.0702. The predicted octanol–water partition coefficient (Wildman–Crippen LogP) is 1.25. The van der Waals surface area contributed by atoms with Crippen molar-refractivity contribution in [2.75, 3.05) is 6.54 Å². The van der Waals surface area contributed by atoms with Gasteiger partial charge in [-0.2, -0.15) is 0 Å². The van der Waals surface area contributed by atoms with Crippen LogP contribution in [0.3, 0.4) is 0 Å². The summed E-state index contributed by atoms with van der Waals surface area (Å²) in [5, 5.41) is 19.8. The van der Waals surface area contributed by atoms with E-state index in [1.807, 2.05) is 0 Å². The van der Waals surface area contributed by atoms with Gasteiger partial charge in [0.15, 0.2) is 0 Å². The van der Waals surface area contributed by atoms with Gasteiger partial charge >= 0.3 is 5.69 Å². The topological polar surface area (TPSA) is 110 Å². The molecule has 0 radical (unpaired) electrons. The van der Waals surface area contributed by atoms with Crippen LogP contribution in [0.2, 0.25) is 5.02 Å². The Bertz CT molecular complexity index is 557. The van der Waals surface area contributed by atoms with Crippen molar-refractivity contribution >= 4 is 27.3 Å². The van der Waals surface area contributed by atoms with Crippen molar-refractivity contribution in [1.29, 1.82) is 0 Å². The molecule has 0 amide bonds. The van der Waals surface area contributed by atoms with Crippen LogP contribution in [0.1, 0.15) is 6.92 Å². The second-order valence-electron chi connectivity index (χ2n) is 3.00. The summed E-state index contributed by atoms with van der Waals surface area (Å²) in [4.78, 5) is 8.98. The number of phenols is 1. The van der Waals surface area contributed by atoms with Gasteiger partial charge in [0.25, 0.3) is 0 Å². The zero-order chi connectivity index (χ0) is 13.2. The largest absolute Gasteiger partial charge is 0.501 e. The van der Waals surface area contributed by atoms with Gasteiger partial charge in [-0.25, -0.2) is 13.1 Å². The number of halogens is 1. The molecule has 94 valence electrons. The average molecular weight is 281 g/mol. The maximum atomic E-state index is 11.7. The molecule has 0 bridgehead atoms. The van der Waals surface area contributed by atoms with E-state index in [0.29, 0.717) is 0 Å². The lowest BCUT2D eigenvalue weighted by atomic mass is 10.3. The van der Waals surface area contributed by atoms with Gasteiger partial charge in [0.05, 0.1) is 9.95 Å². The van der Waals surface area contributed by atoms with Crippen molar-refractivity contribution in [3.8, 4) is 5.75 Å². The molecule has 7 nitrogen and oxygen atoms in total. The highest BCUT2D eigenvalue weighted by atomic mass is 35.5. The number of nitro groups is 1. The highest BCUT2D eigenvalue weighted by Crippen LogP contribution is 2.37. The van der Waals surface area contributed by atoms with Crippen LogP contribution in [0.4, 0.5) is 5.69 Å². The number of hydrogen-bond acceptors (Lipinski definition) is 5. The van der Waals surface area contributed by atoms with Crippen molar-refractivity contribution < 1.29 is 18.4 Å². The molecule has 17 heavy (non-hydrogen) atoms. The van der Waals surface area contributed by atoms with Crippen molar-refractivity contribution in [3.63, 3.8) is 0 Å². The summed E-state index contributed by atoms with van der Waals surface area (Å²) in [5.41, 5.74) is -0.717. The Kier molecular flexibility index (Phi) is 3.91. The molecule has 1 aromatic carbocycles. The van der Waals surface area contributed by atoms with Crippen molar-refractivity contribution in [3.05, 3.63) is 27.3 Å². The fraction of sp³-hybridized carbons (Fsp3) is 0.250. The molecule has 0 atom stereocenters. The van der Waals surface area contributed by atoms with Crippen molar-refractivity contribution in [2.45, 2.75) is 11.8 Å². The maximum Gasteiger partial charge on any atom is 0.312 e. The molecule has 2 N–H and O–H groups in total. The minimum atomic E-state index is -4.06. The van der Waals surface area contributed by atoms with Gasteiger partial charge in [-0.05, 0) is 6.07 Å². The number of hydrogen-bond donors (Lipinski definition) is 2. The molecule has 0 aliphatic rings. The van der Waals surface area contributed by atoms with Crippen LogP contribution >= 0.6 is 11.6 Å². The number of nitrogens with one attached hydrogen (secondary N) is 1. The Morgan fingerprint density at radius 3 is 2.59 bits per heavy atom. The molecule has 1 aromatic rings. The number of sulfonamides is 1. The fourth-order valence-electron chi connectivity index (χ4n) is 1.20. The van der Waals surface area contributed by atoms with E-state index < -0.39 is 31.3 Å². The van der Waals surface area contributed by atoms with Crippen LogP contribution in [0.15, 0.2) is 17.0 Å².